The standard InChI is InChI=1S/C15H13ClN2S/c1-10-18-14-6-5-13(8-15(14)19-10)17-9-11-3-2-4-12(16)7-11/h2-8,17H,9H2,1H3. The number of halogens is 1. The van der Waals surface area contributed by atoms with E-state index in [1.807, 2.05) is 25.1 Å². The normalized spacial score (nSPS) is 10.8. The fraction of sp³-hybridized carbons (Fsp3) is 0.133. The van der Waals surface area contributed by atoms with Gasteiger partial charge in [0.2, 0.25) is 0 Å². The summed E-state index contributed by atoms with van der Waals surface area (Å²) in [6.45, 7) is 2.80. The molecule has 0 saturated carbocycles. The minimum atomic E-state index is 0.768. The molecule has 4 heteroatoms. The van der Waals surface area contributed by atoms with Gasteiger partial charge in [0.25, 0.3) is 0 Å². The highest BCUT2D eigenvalue weighted by Gasteiger charge is 2.01. The molecule has 0 aliphatic heterocycles. The molecular weight excluding hydrogens is 276 g/mol. The van der Waals surface area contributed by atoms with Gasteiger partial charge in [-0.15, -0.1) is 11.3 Å². The SMILES string of the molecule is Cc1nc2ccc(NCc3cccc(Cl)c3)cc2s1. The first kappa shape index (κ1) is 12.5. The monoisotopic (exact) mass is 288 g/mol. The van der Waals surface area contributed by atoms with Crippen LogP contribution < -0.4 is 5.32 Å². The van der Waals surface area contributed by atoms with Gasteiger partial charge >= 0.3 is 0 Å². The Labute approximate surface area is 121 Å². The number of aryl methyl sites for hydroxylation is 1. The predicted octanol–water partition coefficient (Wildman–Crippen LogP) is 4.87. The van der Waals surface area contributed by atoms with Crippen molar-refractivity contribution in [3.8, 4) is 0 Å². The minimum Gasteiger partial charge on any atom is -0.381 e. The third-order valence-corrected chi connectivity index (χ3v) is 4.05. The van der Waals surface area contributed by atoms with Crippen LogP contribution in [-0.2, 0) is 6.54 Å². The topological polar surface area (TPSA) is 24.9 Å². The Morgan fingerprint density at radius 3 is 2.95 bits per heavy atom. The van der Waals surface area contributed by atoms with Crippen molar-refractivity contribution >= 4 is 38.8 Å². The Bertz CT molecular complexity index is 721. The van der Waals surface area contributed by atoms with Gasteiger partial charge in [-0.05, 0) is 42.8 Å². The molecule has 96 valence electrons. The molecule has 1 heterocycles. The summed E-state index contributed by atoms with van der Waals surface area (Å²) in [6, 6.07) is 14.2. The van der Waals surface area contributed by atoms with Gasteiger partial charge in [-0.2, -0.15) is 0 Å². The number of rotatable bonds is 3. The molecule has 0 aliphatic rings. The largest absolute Gasteiger partial charge is 0.381 e. The summed E-state index contributed by atoms with van der Waals surface area (Å²) in [5.41, 5.74) is 3.35. The van der Waals surface area contributed by atoms with Gasteiger partial charge in [-0.1, -0.05) is 23.7 Å². The molecule has 1 N–H and O–H groups in total. The first-order valence-electron chi connectivity index (χ1n) is 6.06. The Hall–Kier alpha value is -1.58. The second-order valence-electron chi connectivity index (χ2n) is 4.40. The maximum Gasteiger partial charge on any atom is 0.0907 e. The lowest BCUT2D eigenvalue weighted by atomic mass is 10.2. The van der Waals surface area contributed by atoms with Crippen molar-refractivity contribution in [1.82, 2.24) is 4.98 Å². The van der Waals surface area contributed by atoms with Gasteiger partial charge in [-0.25, -0.2) is 4.98 Å². The smallest absolute Gasteiger partial charge is 0.0907 e. The highest BCUT2D eigenvalue weighted by molar-refractivity contribution is 7.18. The lowest BCUT2D eigenvalue weighted by Gasteiger charge is -2.06. The van der Waals surface area contributed by atoms with E-state index in [4.69, 9.17) is 11.6 Å². The van der Waals surface area contributed by atoms with E-state index in [1.54, 1.807) is 11.3 Å². The van der Waals surface area contributed by atoms with Crippen LogP contribution in [0.25, 0.3) is 10.2 Å². The lowest BCUT2D eigenvalue weighted by Crippen LogP contribution is -1.98. The van der Waals surface area contributed by atoms with E-state index >= 15 is 0 Å². The number of nitrogens with zero attached hydrogens (tertiary/aromatic N) is 1. The number of aromatic nitrogens is 1. The number of anilines is 1. The summed E-state index contributed by atoms with van der Waals surface area (Å²) < 4.78 is 1.22. The van der Waals surface area contributed by atoms with Crippen LogP contribution >= 0.6 is 22.9 Å². The molecule has 1 aromatic heterocycles. The molecule has 0 fully saturated rings. The van der Waals surface area contributed by atoms with Crippen molar-refractivity contribution in [1.29, 1.82) is 0 Å². The molecule has 2 aromatic carbocycles. The number of fused-ring (bicyclic) bond motifs is 1. The van der Waals surface area contributed by atoms with Crippen LogP contribution in [0.4, 0.5) is 5.69 Å². The predicted molar refractivity (Wildman–Crippen MR) is 83.1 cm³/mol. The summed E-state index contributed by atoms with van der Waals surface area (Å²) in [5.74, 6) is 0. The molecule has 0 unspecified atom stereocenters. The van der Waals surface area contributed by atoms with Crippen LogP contribution in [-0.4, -0.2) is 4.98 Å². The van der Waals surface area contributed by atoms with Crippen LogP contribution in [0.15, 0.2) is 42.5 Å². The fourth-order valence-electron chi connectivity index (χ4n) is 2.00. The van der Waals surface area contributed by atoms with Crippen molar-refractivity contribution in [3.63, 3.8) is 0 Å². The Morgan fingerprint density at radius 1 is 1.21 bits per heavy atom. The van der Waals surface area contributed by atoms with Crippen LogP contribution in [0.2, 0.25) is 5.02 Å². The number of hydrogen-bond donors (Lipinski definition) is 1. The summed E-state index contributed by atoms with van der Waals surface area (Å²) in [6.07, 6.45) is 0. The summed E-state index contributed by atoms with van der Waals surface area (Å²) in [4.78, 5) is 4.46. The molecule has 0 spiro atoms. The van der Waals surface area contributed by atoms with Crippen LogP contribution in [0.5, 0.6) is 0 Å². The molecule has 0 aliphatic carbocycles. The Morgan fingerprint density at radius 2 is 2.11 bits per heavy atom. The third kappa shape index (κ3) is 2.88. The van der Waals surface area contributed by atoms with Gasteiger partial charge in [-0.3, -0.25) is 0 Å². The van der Waals surface area contributed by atoms with Gasteiger partial charge in [0.05, 0.1) is 15.2 Å². The highest BCUT2D eigenvalue weighted by atomic mass is 35.5. The van der Waals surface area contributed by atoms with Crippen molar-refractivity contribution in [2.45, 2.75) is 13.5 Å². The first-order valence-corrected chi connectivity index (χ1v) is 7.26. The van der Waals surface area contributed by atoms with Crippen molar-refractivity contribution < 1.29 is 0 Å². The number of benzene rings is 2. The average molecular weight is 289 g/mol. The zero-order valence-corrected chi connectivity index (χ0v) is 12.1. The number of nitrogens with one attached hydrogen (secondary N) is 1. The second kappa shape index (κ2) is 5.19. The molecule has 2 nitrogen and oxygen atoms in total. The van der Waals surface area contributed by atoms with Crippen molar-refractivity contribution in [2.24, 2.45) is 0 Å². The van der Waals surface area contributed by atoms with E-state index in [1.165, 1.54) is 10.3 Å². The molecule has 0 bridgehead atoms. The quantitative estimate of drug-likeness (QED) is 0.744. The van der Waals surface area contributed by atoms with E-state index in [0.29, 0.717) is 0 Å². The minimum absolute atomic E-state index is 0.768. The molecule has 0 saturated heterocycles. The summed E-state index contributed by atoms with van der Waals surface area (Å²) in [5, 5.41) is 5.28. The molecular formula is C15H13ClN2S. The van der Waals surface area contributed by atoms with E-state index in [2.05, 4.69) is 34.6 Å². The summed E-state index contributed by atoms with van der Waals surface area (Å²) in [7, 11) is 0. The maximum absolute atomic E-state index is 5.97. The van der Waals surface area contributed by atoms with Crippen LogP contribution in [0.3, 0.4) is 0 Å². The number of hydrogen-bond acceptors (Lipinski definition) is 3. The van der Waals surface area contributed by atoms with E-state index in [-0.39, 0.29) is 0 Å². The van der Waals surface area contributed by atoms with Gasteiger partial charge in [0.15, 0.2) is 0 Å². The Kier molecular flexibility index (Phi) is 3.40. The average Bonchev–Trinajstić information content (AvgIpc) is 2.75. The number of thiazole rings is 1. The van der Waals surface area contributed by atoms with E-state index < -0.39 is 0 Å². The second-order valence-corrected chi connectivity index (χ2v) is 6.07. The van der Waals surface area contributed by atoms with E-state index in [0.717, 1.165) is 27.8 Å². The molecule has 0 amide bonds. The third-order valence-electron chi connectivity index (χ3n) is 2.88. The molecule has 3 rings (SSSR count). The zero-order valence-electron chi connectivity index (χ0n) is 10.5. The maximum atomic E-state index is 5.97. The first-order chi connectivity index (χ1) is 9.20. The molecule has 3 aromatic rings. The fourth-order valence-corrected chi connectivity index (χ4v) is 3.08. The van der Waals surface area contributed by atoms with Gasteiger partial charge in [0, 0.05) is 17.3 Å². The molecule has 0 atom stereocenters. The summed E-state index contributed by atoms with van der Waals surface area (Å²) >= 11 is 7.69. The molecule has 0 radical (unpaired) electrons. The lowest BCUT2D eigenvalue weighted by molar-refractivity contribution is 1.15. The van der Waals surface area contributed by atoms with E-state index in [9.17, 15) is 0 Å². The van der Waals surface area contributed by atoms with Gasteiger partial charge < -0.3 is 5.32 Å². The van der Waals surface area contributed by atoms with Crippen molar-refractivity contribution in [2.75, 3.05) is 5.32 Å². The zero-order chi connectivity index (χ0) is 13.2. The van der Waals surface area contributed by atoms with Gasteiger partial charge in [0.1, 0.15) is 0 Å². The van der Waals surface area contributed by atoms with Crippen LogP contribution in [0, 0.1) is 6.92 Å². The highest BCUT2D eigenvalue weighted by Crippen LogP contribution is 2.25. The van der Waals surface area contributed by atoms with Crippen molar-refractivity contribution in [3.05, 3.63) is 58.1 Å². The van der Waals surface area contributed by atoms with Crippen LogP contribution in [0.1, 0.15) is 10.6 Å². The Balaban J connectivity index is 1.78. The molecule has 19 heavy (non-hydrogen) atoms.